The van der Waals surface area contributed by atoms with Crippen LogP contribution in [0.4, 0.5) is 5.69 Å². The average molecular weight is 930 g/mol. The Morgan fingerprint density at radius 2 is 1.19 bits per heavy atom. The van der Waals surface area contributed by atoms with Crippen LogP contribution >= 0.6 is 67.8 Å². The molecule has 1 aromatic rings. The number of benzene rings is 1. The smallest absolute Gasteiger partial charge is 0.303 e. The Morgan fingerprint density at radius 1 is 0.690 bits per heavy atom. The second-order valence-electron chi connectivity index (χ2n) is 8.37. The number of esters is 5. The van der Waals surface area contributed by atoms with Crippen molar-refractivity contribution in [3.05, 3.63) is 21.8 Å². The minimum Gasteiger partial charge on any atom is -0.464 e. The SMILES string of the molecule is CC(=O)OCCN(C(=O)COC(C)=O)c1c(I)c(COC(C)=O)c(I)c(C(=O)NC(COC(C)=O)COC(C)=O)c1I. The van der Waals surface area contributed by atoms with Crippen LogP contribution in [0.25, 0.3) is 0 Å². The minimum absolute atomic E-state index is 0.0715. The van der Waals surface area contributed by atoms with Crippen molar-refractivity contribution in [3.63, 3.8) is 0 Å². The second-order valence-corrected chi connectivity index (χ2v) is 11.6. The average Bonchev–Trinajstić information content (AvgIpc) is 2.87. The lowest BCUT2D eigenvalue weighted by atomic mass is 10.1. The zero-order chi connectivity index (χ0) is 32.1. The van der Waals surface area contributed by atoms with E-state index in [9.17, 15) is 33.6 Å². The Balaban J connectivity index is 3.76. The number of carbonyl (C=O) groups excluding carboxylic acids is 7. The summed E-state index contributed by atoms with van der Waals surface area (Å²) in [6.45, 7) is 4.04. The molecular formula is C25H29I3N2O12. The van der Waals surface area contributed by atoms with E-state index in [1.54, 1.807) is 0 Å². The number of nitrogens with one attached hydrogen (secondary N) is 1. The molecule has 2 amide bonds. The van der Waals surface area contributed by atoms with Gasteiger partial charge in [0.1, 0.15) is 26.4 Å². The summed E-state index contributed by atoms with van der Waals surface area (Å²) >= 11 is 5.73. The van der Waals surface area contributed by atoms with Crippen LogP contribution in [0.15, 0.2) is 0 Å². The van der Waals surface area contributed by atoms with Crippen LogP contribution in [-0.4, -0.2) is 80.7 Å². The molecule has 1 rings (SSSR count). The molecule has 0 aliphatic rings. The molecular weight excluding hydrogens is 901 g/mol. The van der Waals surface area contributed by atoms with Crippen LogP contribution in [0, 0.1) is 10.7 Å². The van der Waals surface area contributed by atoms with E-state index in [1.165, 1.54) is 32.6 Å². The molecule has 232 valence electrons. The van der Waals surface area contributed by atoms with Crippen molar-refractivity contribution < 1.29 is 57.2 Å². The molecule has 0 fully saturated rings. The fourth-order valence-electron chi connectivity index (χ4n) is 3.15. The predicted molar refractivity (Wildman–Crippen MR) is 170 cm³/mol. The zero-order valence-electron chi connectivity index (χ0n) is 23.3. The van der Waals surface area contributed by atoms with E-state index in [4.69, 9.17) is 23.7 Å². The number of anilines is 1. The first-order chi connectivity index (χ1) is 19.6. The normalized spacial score (nSPS) is 10.4. The minimum atomic E-state index is -0.929. The lowest BCUT2D eigenvalue weighted by molar-refractivity contribution is -0.146. The summed E-state index contributed by atoms with van der Waals surface area (Å²) in [7, 11) is 0. The standard InChI is InChI=1S/C25H29I3N2O12/c1-12(31)38-7-6-30(19(36)11-42-16(5)35)24-22(27)18(10-41-15(4)34)21(26)20(23(24)28)25(37)29-17(8-39-13(2)32)9-40-14(3)33/h17H,6-11H2,1-5H3,(H,29,37). The van der Waals surface area contributed by atoms with Crippen molar-refractivity contribution in [2.45, 2.75) is 47.3 Å². The van der Waals surface area contributed by atoms with Crippen LogP contribution in [0.1, 0.15) is 50.5 Å². The van der Waals surface area contributed by atoms with E-state index in [-0.39, 0.29) is 47.8 Å². The van der Waals surface area contributed by atoms with Gasteiger partial charge in [0, 0.05) is 47.3 Å². The van der Waals surface area contributed by atoms with Crippen molar-refractivity contribution in [1.29, 1.82) is 0 Å². The van der Waals surface area contributed by atoms with Gasteiger partial charge in [0.2, 0.25) is 0 Å². The highest BCUT2D eigenvalue weighted by molar-refractivity contribution is 14.1. The van der Waals surface area contributed by atoms with Gasteiger partial charge in [-0.1, -0.05) is 0 Å². The molecule has 17 heteroatoms. The number of hydrogen-bond donors (Lipinski definition) is 1. The van der Waals surface area contributed by atoms with Crippen molar-refractivity contribution in [2.75, 3.05) is 37.9 Å². The Labute approximate surface area is 282 Å². The van der Waals surface area contributed by atoms with Gasteiger partial charge >= 0.3 is 29.8 Å². The summed E-state index contributed by atoms with van der Waals surface area (Å²) in [6, 6.07) is -0.929. The first-order valence-electron chi connectivity index (χ1n) is 12.0. The molecule has 0 saturated carbocycles. The summed E-state index contributed by atoms with van der Waals surface area (Å²) in [4.78, 5) is 85.4. The van der Waals surface area contributed by atoms with E-state index in [0.717, 1.165) is 6.92 Å². The monoisotopic (exact) mass is 930 g/mol. The largest absolute Gasteiger partial charge is 0.464 e. The number of amides is 2. The second kappa shape index (κ2) is 18.4. The Bertz CT molecular complexity index is 1220. The quantitative estimate of drug-likeness (QED) is 0.164. The Kier molecular flexibility index (Phi) is 16.5. The summed E-state index contributed by atoms with van der Waals surface area (Å²) in [5.74, 6) is -4.46. The number of ether oxygens (including phenoxy) is 5. The van der Waals surface area contributed by atoms with Gasteiger partial charge in [-0.05, 0) is 67.8 Å². The van der Waals surface area contributed by atoms with Gasteiger partial charge in [-0.3, -0.25) is 33.6 Å². The number of carbonyl (C=O) groups is 7. The zero-order valence-corrected chi connectivity index (χ0v) is 29.8. The fourth-order valence-corrected chi connectivity index (χ4v) is 7.70. The maximum absolute atomic E-state index is 13.7. The highest BCUT2D eigenvalue weighted by atomic mass is 127. The third-order valence-corrected chi connectivity index (χ3v) is 8.34. The van der Waals surface area contributed by atoms with Crippen LogP contribution in [-0.2, 0) is 59.1 Å². The molecule has 0 unspecified atom stereocenters. The third kappa shape index (κ3) is 12.5. The molecule has 0 bridgehead atoms. The van der Waals surface area contributed by atoms with Crippen molar-refractivity contribution in [2.24, 2.45) is 0 Å². The third-order valence-electron chi connectivity index (χ3n) is 4.93. The summed E-state index contributed by atoms with van der Waals surface area (Å²) in [6.07, 6.45) is 0. The number of hydrogen-bond acceptors (Lipinski definition) is 12. The Morgan fingerprint density at radius 3 is 1.67 bits per heavy atom. The molecule has 1 aromatic carbocycles. The maximum Gasteiger partial charge on any atom is 0.303 e. The van der Waals surface area contributed by atoms with Gasteiger partial charge in [0.25, 0.3) is 11.8 Å². The van der Waals surface area contributed by atoms with Crippen LogP contribution in [0.2, 0.25) is 0 Å². The van der Waals surface area contributed by atoms with E-state index < -0.39 is 54.3 Å². The number of nitrogens with zero attached hydrogens (tertiary/aromatic N) is 1. The van der Waals surface area contributed by atoms with E-state index in [2.05, 4.69) is 5.32 Å². The highest BCUT2D eigenvalue weighted by Crippen LogP contribution is 2.38. The van der Waals surface area contributed by atoms with Gasteiger partial charge in [0.05, 0.1) is 27.4 Å². The van der Waals surface area contributed by atoms with Crippen molar-refractivity contribution in [1.82, 2.24) is 5.32 Å². The molecule has 42 heavy (non-hydrogen) atoms. The van der Waals surface area contributed by atoms with E-state index >= 15 is 0 Å². The lowest BCUT2D eigenvalue weighted by Gasteiger charge is -2.28. The molecule has 0 aromatic heterocycles. The molecule has 0 aliphatic carbocycles. The summed E-state index contributed by atoms with van der Waals surface area (Å²) in [5, 5.41) is 2.68. The van der Waals surface area contributed by atoms with Gasteiger partial charge < -0.3 is 33.9 Å². The van der Waals surface area contributed by atoms with Gasteiger partial charge in [-0.25, -0.2) is 0 Å². The highest BCUT2D eigenvalue weighted by Gasteiger charge is 2.31. The van der Waals surface area contributed by atoms with E-state index in [1.807, 2.05) is 67.8 Å². The summed E-state index contributed by atoms with van der Waals surface area (Å²) < 4.78 is 26.2. The van der Waals surface area contributed by atoms with Crippen molar-refractivity contribution >= 4 is 115 Å². The first kappa shape index (κ1) is 37.7. The topological polar surface area (TPSA) is 181 Å². The molecule has 0 radical (unpaired) electrons. The molecule has 0 aliphatic heterocycles. The van der Waals surface area contributed by atoms with E-state index in [0.29, 0.717) is 12.7 Å². The van der Waals surface area contributed by atoms with Gasteiger partial charge in [-0.2, -0.15) is 0 Å². The van der Waals surface area contributed by atoms with Crippen LogP contribution < -0.4 is 10.2 Å². The molecule has 0 heterocycles. The molecule has 0 spiro atoms. The maximum atomic E-state index is 13.7. The molecule has 0 saturated heterocycles. The van der Waals surface area contributed by atoms with Crippen molar-refractivity contribution in [3.8, 4) is 0 Å². The lowest BCUT2D eigenvalue weighted by Crippen LogP contribution is -2.43. The Hall–Kier alpha value is -2.30. The number of rotatable bonds is 14. The number of halogens is 3. The molecule has 14 nitrogen and oxygen atoms in total. The van der Waals surface area contributed by atoms with Crippen LogP contribution in [0.3, 0.4) is 0 Å². The predicted octanol–water partition coefficient (Wildman–Crippen LogP) is 2.25. The molecule has 0 atom stereocenters. The van der Waals surface area contributed by atoms with Gasteiger partial charge in [-0.15, -0.1) is 0 Å². The molecule has 1 N–H and O–H groups in total. The summed E-state index contributed by atoms with van der Waals surface area (Å²) in [5.41, 5.74) is 0.674. The fraction of sp³-hybridized carbons (Fsp3) is 0.480. The first-order valence-corrected chi connectivity index (χ1v) is 15.3. The van der Waals surface area contributed by atoms with Gasteiger partial charge in [0.15, 0.2) is 6.61 Å². The van der Waals surface area contributed by atoms with Crippen LogP contribution in [0.5, 0.6) is 0 Å².